The third-order valence-electron chi connectivity index (χ3n) is 9.22. The van der Waals surface area contributed by atoms with Crippen LogP contribution in [0.5, 0.6) is 0 Å². The molecule has 12 N–H and O–H groups in total. The van der Waals surface area contributed by atoms with Crippen molar-refractivity contribution in [1.82, 2.24) is 21.3 Å². The van der Waals surface area contributed by atoms with E-state index < -0.39 is 0 Å². The van der Waals surface area contributed by atoms with Crippen molar-refractivity contribution in [3.05, 3.63) is 144 Å². The smallest absolute Gasteiger partial charge is 0.217 e. The number of nitrogens with zero attached hydrogens (tertiary/aromatic N) is 4. The molecule has 0 aliphatic rings. The average molecular weight is 759 g/mol. The first-order valence-corrected chi connectivity index (χ1v) is 19.8. The van der Waals surface area contributed by atoms with Crippen molar-refractivity contribution in [2.24, 2.45) is 42.9 Å². The van der Waals surface area contributed by atoms with Crippen molar-refractivity contribution in [1.29, 1.82) is 0 Å². The van der Waals surface area contributed by atoms with Crippen molar-refractivity contribution in [3.8, 4) is 0 Å². The molecule has 0 aromatic heterocycles. The number of hydrogen-bond acceptors (Lipinski definition) is 6. The Hall–Kier alpha value is -5.56. The molecule has 56 heavy (non-hydrogen) atoms. The summed E-state index contributed by atoms with van der Waals surface area (Å²) in [6.45, 7) is 6.57. The predicted molar refractivity (Wildman–Crippen MR) is 235 cm³/mol. The van der Waals surface area contributed by atoms with E-state index in [-0.39, 0.29) is 23.8 Å². The van der Waals surface area contributed by atoms with Gasteiger partial charge >= 0.3 is 0 Å². The van der Waals surface area contributed by atoms with Crippen LogP contribution in [0.3, 0.4) is 0 Å². The van der Waals surface area contributed by atoms with Gasteiger partial charge in [0.25, 0.3) is 0 Å². The molecule has 298 valence electrons. The van der Waals surface area contributed by atoms with Crippen LogP contribution in [0.1, 0.15) is 66.2 Å². The lowest BCUT2D eigenvalue weighted by Gasteiger charge is -2.18. The summed E-state index contributed by atoms with van der Waals surface area (Å²) in [6.07, 6.45) is 4.53. The quantitative estimate of drug-likeness (QED) is 0.0294. The van der Waals surface area contributed by atoms with E-state index in [2.05, 4.69) is 138 Å². The predicted octanol–water partition coefficient (Wildman–Crippen LogP) is 4.26. The minimum absolute atomic E-state index is 0.213. The molecule has 4 aromatic rings. The van der Waals surface area contributed by atoms with E-state index in [1.54, 1.807) is 0 Å². The molecule has 0 fully saturated rings. The van der Waals surface area contributed by atoms with Gasteiger partial charge in [-0.3, -0.25) is 20.3 Å². The molecule has 12 heteroatoms. The molecule has 0 unspecified atom stereocenters. The van der Waals surface area contributed by atoms with Crippen molar-refractivity contribution in [2.45, 2.75) is 43.9 Å². The normalized spacial score (nSPS) is 12.8. The molecular weight excluding hydrogens is 697 g/mol. The number of hydrogen-bond donors (Lipinski definition) is 8. The van der Waals surface area contributed by atoms with Gasteiger partial charge in [0.15, 0.2) is 11.9 Å². The van der Waals surface area contributed by atoms with Gasteiger partial charge < -0.3 is 38.9 Å². The number of rotatable bonds is 24. The fourth-order valence-corrected chi connectivity index (χ4v) is 6.39. The fraction of sp³-hybridized carbons (Fsp3) is 0.364. The second-order valence-corrected chi connectivity index (χ2v) is 13.6. The van der Waals surface area contributed by atoms with Crippen molar-refractivity contribution in [3.63, 3.8) is 0 Å². The maximum Gasteiger partial charge on any atom is 0.217 e. The van der Waals surface area contributed by atoms with Gasteiger partial charge in [0.05, 0.1) is 6.54 Å². The molecule has 0 aliphatic carbocycles. The van der Waals surface area contributed by atoms with E-state index in [0.29, 0.717) is 37.9 Å². The number of nitrogens with two attached hydrogens (primary N) is 4. The molecule has 0 bridgehead atoms. The second-order valence-electron chi connectivity index (χ2n) is 13.6. The Labute approximate surface area is 333 Å². The van der Waals surface area contributed by atoms with E-state index in [1.807, 2.05) is 24.3 Å². The Bertz CT molecular complexity index is 1670. The van der Waals surface area contributed by atoms with E-state index in [9.17, 15) is 0 Å². The van der Waals surface area contributed by atoms with Gasteiger partial charge in [-0.25, -0.2) is 0 Å². The SMILES string of the molecule is NC(CNCCC(c1ccccc1)c1ccccc1)=NC(N)=NCCCNCCCNCCCN=C(N)NC(N)=NCCC(c1ccccc1)c1ccccc1. The van der Waals surface area contributed by atoms with Crippen LogP contribution in [-0.2, 0) is 0 Å². The molecule has 0 spiro atoms. The summed E-state index contributed by atoms with van der Waals surface area (Å²) >= 11 is 0. The summed E-state index contributed by atoms with van der Waals surface area (Å²) in [4.78, 5) is 17.5. The molecule has 0 heterocycles. The Morgan fingerprint density at radius 3 is 1.34 bits per heavy atom. The second kappa shape index (κ2) is 26.3. The summed E-state index contributed by atoms with van der Waals surface area (Å²) in [5.41, 5.74) is 29.4. The minimum atomic E-state index is 0.213. The monoisotopic (exact) mass is 759 g/mol. The molecule has 12 nitrogen and oxygen atoms in total. The molecule has 4 rings (SSSR count). The van der Waals surface area contributed by atoms with Gasteiger partial charge in [0.2, 0.25) is 5.96 Å². The number of guanidine groups is 3. The highest BCUT2D eigenvalue weighted by molar-refractivity contribution is 5.97. The third kappa shape index (κ3) is 17.3. The zero-order valence-corrected chi connectivity index (χ0v) is 32.7. The largest absolute Gasteiger partial charge is 0.386 e. The van der Waals surface area contributed by atoms with Crippen molar-refractivity contribution >= 4 is 23.7 Å². The highest BCUT2D eigenvalue weighted by Gasteiger charge is 2.14. The molecular formula is C44H62N12. The average Bonchev–Trinajstić information content (AvgIpc) is 3.22. The van der Waals surface area contributed by atoms with Crippen LogP contribution in [0.4, 0.5) is 0 Å². The molecule has 0 radical (unpaired) electrons. The van der Waals surface area contributed by atoms with Gasteiger partial charge in [-0.1, -0.05) is 121 Å². The summed E-state index contributed by atoms with van der Waals surface area (Å²) in [7, 11) is 0. The van der Waals surface area contributed by atoms with E-state index in [4.69, 9.17) is 22.9 Å². The standard InChI is InChI=1S/C44H62N12/c45-41(34-51-32-24-39(35-16-5-1-6-17-35)36-18-7-2-8-19-36)55-42(46)52-30-14-28-49-26-13-27-50-29-15-31-53-43(47)56-44(48)54-33-25-40(37-20-9-3-10-21-37)38-22-11-4-12-23-38/h1-12,16-23,39-40,49-51H,13-15,24-34H2,(H4,45,46,52,55)(H5,47,48,53,54,56). The Morgan fingerprint density at radius 1 is 0.446 bits per heavy atom. The number of nitrogens with one attached hydrogen (secondary N) is 4. The van der Waals surface area contributed by atoms with E-state index in [1.165, 1.54) is 22.3 Å². The first kappa shape index (κ1) is 43.2. The maximum absolute atomic E-state index is 6.12. The highest BCUT2D eigenvalue weighted by Crippen LogP contribution is 2.28. The van der Waals surface area contributed by atoms with E-state index >= 15 is 0 Å². The fourth-order valence-electron chi connectivity index (χ4n) is 6.39. The van der Waals surface area contributed by atoms with Crippen LogP contribution in [0, 0.1) is 0 Å². The maximum atomic E-state index is 6.12. The molecule has 0 amide bonds. The zero-order valence-electron chi connectivity index (χ0n) is 32.7. The van der Waals surface area contributed by atoms with Crippen molar-refractivity contribution in [2.75, 3.05) is 58.9 Å². The van der Waals surface area contributed by atoms with Crippen molar-refractivity contribution < 1.29 is 0 Å². The first-order chi connectivity index (χ1) is 27.5. The van der Waals surface area contributed by atoms with Crippen LogP contribution >= 0.6 is 0 Å². The Kier molecular flexibility index (Phi) is 20.3. The lowest BCUT2D eigenvalue weighted by atomic mass is 9.88. The molecule has 0 atom stereocenters. The third-order valence-corrected chi connectivity index (χ3v) is 9.22. The summed E-state index contributed by atoms with van der Waals surface area (Å²) in [5, 5.41) is 13.2. The van der Waals surface area contributed by atoms with Gasteiger partial charge in [0.1, 0.15) is 5.84 Å². The first-order valence-electron chi connectivity index (χ1n) is 19.8. The Balaban J connectivity index is 0.983. The highest BCUT2D eigenvalue weighted by atomic mass is 15.2. The lowest BCUT2D eigenvalue weighted by molar-refractivity contribution is 0.579. The summed E-state index contributed by atoms with van der Waals surface area (Å²) in [5.74, 6) is 1.74. The lowest BCUT2D eigenvalue weighted by Crippen LogP contribution is -2.41. The van der Waals surface area contributed by atoms with Gasteiger partial charge in [-0.05, 0) is 87.1 Å². The number of benzene rings is 4. The molecule has 0 saturated heterocycles. The Morgan fingerprint density at radius 2 is 0.857 bits per heavy atom. The van der Waals surface area contributed by atoms with Crippen LogP contribution < -0.4 is 44.2 Å². The van der Waals surface area contributed by atoms with Gasteiger partial charge in [-0.2, -0.15) is 4.99 Å². The van der Waals surface area contributed by atoms with Crippen LogP contribution in [0.25, 0.3) is 0 Å². The van der Waals surface area contributed by atoms with Gasteiger partial charge in [0, 0.05) is 31.5 Å². The molecule has 0 aliphatic heterocycles. The van der Waals surface area contributed by atoms with Gasteiger partial charge in [-0.15, -0.1) is 0 Å². The minimum Gasteiger partial charge on any atom is -0.386 e. The molecule has 4 aromatic carbocycles. The van der Waals surface area contributed by atoms with Crippen LogP contribution in [0.15, 0.2) is 141 Å². The van der Waals surface area contributed by atoms with E-state index in [0.717, 1.165) is 64.8 Å². The number of aliphatic imine (C=N–C) groups is 4. The summed E-state index contributed by atoms with van der Waals surface area (Å²) < 4.78 is 0. The topological polar surface area (TPSA) is 202 Å². The molecule has 0 saturated carbocycles. The number of amidine groups is 1. The zero-order chi connectivity index (χ0) is 39.5. The van der Waals surface area contributed by atoms with Crippen LogP contribution in [0.2, 0.25) is 0 Å². The summed E-state index contributed by atoms with van der Waals surface area (Å²) in [6, 6.07) is 42.1. The van der Waals surface area contributed by atoms with Crippen LogP contribution in [-0.4, -0.2) is 82.6 Å².